The summed E-state index contributed by atoms with van der Waals surface area (Å²) in [5, 5.41) is 6.68. The van der Waals surface area contributed by atoms with Crippen molar-refractivity contribution in [2.75, 3.05) is 19.7 Å². The molecular weight excluding hydrogens is 252 g/mol. The van der Waals surface area contributed by atoms with E-state index in [1.165, 1.54) is 25.7 Å². The maximum atomic E-state index is 12.3. The van der Waals surface area contributed by atoms with Crippen molar-refractivity contribution < 1.29 is 9.53 Å². The highest BCUT2D eigenvalue weighted by atomic mass is 16.5. The van der Waals surface area contributed by atoms with Crippen LogP contribution in [0.5, 0.6) is 0 Å². The first-order valence-corrected chi connectivity index (χ1v) is 8.35. The van der Waals surface area contributed by atoms with Gasteiger partial charge in [-0.3, -0.25) is 4.79 Å². The Morgan fingerprint density at radius 1 is 1.35 bits per heavy atom. The Morgan fingerprint density at radius 2 is 2.20 bits per heavy atom. The molecule has 3 fully saturated rings. The first-order valence-electron chi connectivity index (χ1n) is 8.35. The zero-order chi connectivity index (χ0) is 13.9. The zero-order valence-electron chi connectivity index (χ0n) is 12.6. The number of hydrogen-bond donors (Lipinski definition) is 2. The lowest BCUT2D eigenvalue weighted by atomic mass is 9.85. The summed E-state index contributed by atoms with van der Waals surface area (Å²) in [6.07, 6.45) is 7.02. The molecule has 3 aliphatic rings. The average Bonchev–Trinajstić information content (AvgIpc) is 3.20. The van der Waals surface area contributed by atoms with Crippen molar-refractivity contribution >= 4 is 5.91 Å². The minimum atomic E-state index is 0.226. The average molecular weight is 280 g/mol. The van der Waals surface area contributed by atoms with E-state index in [0.29, 0.717) is 30.3 Å². The first-order chi connectivity index (χ1) is 9.74. The summed E-state index contributed by atoms with van der Waals surface area (Å²) in [5.41, 5.74) is 0. The lowest BCUT2D eigenvalue weighted by Gasteiger charge is -2.28. The maximum Gasteiger partial charge on any atom is 0.220 e. The number of carbonyl (C=O) groups is 1. The van der Waals surface area contributed by atoms with Gasteiger partial charge in [0.05, 0.1) is 12.1 Å². The molecule has 3 rings (SSSR count). The van der Waals surface area contributed by atoms with Gasteiger partial charge >= 0.3 is 0 Å². The molecule has 0 aromatic rings. The highest BCUT2D eigenvalue weighted by molar-refractivity contribution is 5.76. The summed E-state index contributed by atoms with van der Waals surface area (Å²) < 4.78 is 5.79. The number of hydrogen-bond acceptors (Lipinski definition) is 3. The Hall–Kier alpha value is -0.610. The highest BCUT2D eigenvalue weighted by Crippen LogP contribution is 2.38. The van der Waals surface area contributed by atoms with E-state index < -0.39 is 0 Å². The molecule has 20 heavy (non-hydrogen) atoms. The van der Waals surface area contributed by atoms with Crippen LogP contribution < -0.4 is 10.6 Å². The molecule has 4 atom stereocenters. The van der Waals surface area contributed by atoms with Gasteiger partial charge in [0, 0.05) is 13.0 Å². The van der Waals surface area contributed by atoms with E-state index in [2.05, 4.69) is 17.6 Å². The van der Waals surface area contributed by atoms with Crippen LogP contribution in [-0.2, 0) is 9.53 Å². The molecule has 2 heterocycles. The third kappa shape index (κ3) is 3.53. The van der Waals surface area contributed by atoms with Gasteiger partial charge in [-0.25, -0.2) is 0 Å². The molecule has 0 bridgehead atoms. The van der Waals surface area contributed by atoms with Gasteiger partial charge in [0.25, 0.3) is 0 Å². The van der Waals surface area contributed by atoms with E-state index in [9.17, 15) is 4.79 Å². The predicted octanol–water partition coefficient (Wildman–Crippen LogP) is 1.70. The molecule has 2 aliphatic heterocycles. The van der Waals surface area contributed by atoms with Gasteiger partial charge in [-0.2, -0.15) is 0 Å². The van der Waals surface area contributed by atoms with Crippen LogP contribution in [0.25, 0.3) is 0 Å². The molecule has 0 spiro atoms. The van der Waals surface area contributed by atoms with Crippen molar-refractivity contribution in [3.8, 4) is 0 Å². The number of ether oxygens (including phenoxy) is 1. The fraction of sp³-hybridized carbons (Fsp3) is 0.938. The van der Waals surface area contributed by atoms with Crippen LogP contribution in [0.1, 0.15) is 45.4 Å². The second-order valence-electron chi connectivity index (χ2n) is 6.92. The Balaban J connectivity index is 1.44. The topological polar surface area (TPSA) is 50.4 Å². The van der Waals surface area contributed by atoms with Gasteiger partial charge in [-0.15, -0.1) is 0 Å². The van der Waals surface area contributed by atoms with Crippen molar-refractivity contribution in [2.45, 2.75) is 57.6 Å². The van der Waals surface area contributed by atoms with Crippen molar-refractivity contribution in [2.24, 2.45) is 17.8 Å². The van der Waals surface area contributed by atoms with Crippen LogP contribution in [0, 0.1) is 17.8 Å². The summed E-state index contributed by atoms with van der Waals surface area (Å²) in [6, 6.07) is 0.270. The van der Waals surface area contributed by atoms with Crippen LogP contribution >= 0.6 is 0 Å². The predicted molar refractivity (Wildman–Crippen MR) is 78.4 cm³/mol. The lowest BCUT2D eigenvalue weighted by Crippen LogP contribution is -2.43. The zero-order valence-corrected chi connectivity index (χ0v) is 12.6. The Kier molecular flexibility index (Phi) is 4.61. The van der Waals surface area contributed by atoms with E-state index in [4.69, 9.17) is 4.74 Å². The molecular formula is C16H28N2O2. The van der Waals surface area contributed by atoms with Gasteiger partial charge in [0.2, 0.25) is 5.91 Å². The number of amides is 1. The van der Waals surface area contributed by atoms with Gasteiger partial charge in [-0.1, -0.05) is 6.92 Å². The van der Waals surface area contributed by atoms with Gasteiger partial charge in [0.1, 0.15) is 0 Å². The van der Waals surface area contributed by atoms with Crippen LogP contribution in [-0.4, -0.2) is 37.7 Å². The molecule has 4 nitrogen and oxygen atoms in total. The second-order valence-corrected chi connectivity index (χ2v) is 6.92. The lowest BCUT2D eigenvalue weighted by molar-refractivity contribution is -0.123. The summed E-state index contributed by atoms with van der Waals surface area (Å²) >= 11 is 0. The van der Waals surface area contributed by atoms with Crippen molar-refractivity contribution in [1.82, 2.24) is 10.6 Å². The molecule has 1 amide bonds. The van der Waals surface area contributed by atoms with Gasteiger partial charge in [-0.05, 0) is 62.9 Å². The highest BCUT2D eigenvalue weighted by Gasteiger charge is 2.41. The summed E-state index contributed by atoms with van der Waals surface area (Å²) in [7, 11) is 0. The smallest absolute Gasteiger partial charge is 0.220 e. The van der Waals surface area contributed by atoms with Crippen LogP contribution in [0.4, 0.5) is 0 Å². The van der Waals surface area contributed by atoms with Gasteiger partial charge < -0.3 is 15.4 Å². The van der Waals surface area contributed by atoms with E-state index in [1.54, 1.807) is 0 Å². The number of carbonyl (C=O) groups excluding carboxylic acids is 1. The molecule has 114 valence electrons. The van der Waals surface area contributed by atoms with Crippen LogP contribution in [0.2, 0.25) is 0 Å². The summed E-state index contributed by atoms with van der Waals surface area (Å²) in [4.78, 5) is 12.3. The normalized spacial score (nSPS) is 35.8. The molecule has 4 unspecified atom stereocenters. The summed E-state index contributed by atoms with van der Waals surface area (Å²) in [5.74, 6) is 2.07. The minimum absolute atomic E-state index is 0.226. The number of piperidine rings is 1. The van der Waals surface area contributed by atoms with E-state index in [0.717, 1.165) is 26.1 Å². The van der Waals surface area contributed by atoms with E-state index in [-0.39, 0.29) is 11.9 Å². The molecule has 0 aromatic heterocycles. The molecule has 1 saturated carbocycles. The molecule has 1 aliphatic carbocycles. The van der Waals surface area contributed by atoms with Gasteiger partial charge in [0.15, 0.2) is 0 Å². The van der Waals surface area contributed by atoms with Crippen molar-refractivity contribution in [3.63, 3.8) is 0 Å². The molecule has 2 N–H and O–H groups in total. The monoisotopic (exact) mass is 280 g/mol. The first kappa shape index (κ1) is 14.3. The third-order valence-corrected chi connectivity index (χ3v) is 5.22. The van der Waals surface area contributed by atoms with E-state index >= 15 is 0 Å². The third-order valence-electron chi connectivity index (χ3n) is 5.22. The largest absolute Gasteiger partial charge is 0.376 e. The second kappa shape index (κ2) is 6.44. The molecule has 0 radical (unpaired) electrons. The fourth-order valence-electron chi connectivity index (χ4n) is 3.74. The van der Waals surface area contributed by atoms with Crippen molar-refractivity contribution in [1.29, 1.82) is 0 Å². The minimum Gasteiger partial charge on any atom is -0.376 e. The number of rotatable bonds is 5. The fourth-order valence-corrected chi connectivity index (χ4v) is 3.74. The summed E-state index contributed by atoms with van der Waals surface area (Å²) in [6.45, 7) is 5.25. The molecule has 2 saturated heterocycles. The van der Waals surface area contributed by atoms with E-state index in [1.807, 2.05) is 0 Å². The number of nitrogens with one attached hydrogen (secondary N) is 2. The Bertz CT molecular complexity index is 337. The standard InChI is InChI=1S/C16H28N2O2/c1-11(13-3-2-7-17-10-13)9-15(19)18-14-6-8-20-16(14)12-4-5-12/h11-14,16-17H,2-10H2,1H3,(H,18,19). The van der Waals surface area contributed by atoms with Crippen molar-refractivity contribution in [3.05, 3.63) is 0 Å². The SMILES string of the molecule is CC(CC(=O)NC1CCOC1C1CC1)C1CCCNC1. The van der Waals surface area contributed by atoms with Crippen LogP contribution in [0.3, 0.4) is 0 Å². The molecule has 4 heteroatoms. The Labute approximate surface area is 122 Å². The Morgan fingerprint density at radius 3 is 2.90 bits per heavy atom. The molecule has 0 aromatic carbocycles. The maximum absolute atomic E-state index is 12.3. The van der Waals surface area contributed by atoms with Crippen LogP contribution in [0.15, 0.2) is 0 Å². The quantitative estimate of drug-likeness (QED) is 0.806.